The molecule has 60 valence electrons. The zero-order valence-electron chi connectivity index (χ0n) is 7.06. The van der Waals surface area contributed by atoms with Crippen molar-refractivity contribution >= 4 is 0 Å². The first-order valence-electron chi connectivity index (χ1n) is 4.25. The van der Waals surface area contributed by atoms with Gasteiger partial charge in [-0.2, -0.15) is 0 Å². The van der Waals surface area contributed by atoms with Gasteiger partial charge in [-0.15, -0.1) is 0 Å². The first-order valence-corrected chi connectivity index (χ1v) is 4.25. The van der Waals surface area contributed by atoms with Crippen molar-refractivity contribution in [1.82, 2.24) is 10.2 Å². The second kappa shape index (κ2) is 3.94. The number of nitrogens with zero attached hydrogens (tertiary/aromatic N) is 1. The predicted molar refractivity (Wildman–Crippen MR) is 44.2 cm³/mol. The van der Waals surface area contributed by atoms with Crippen LogP contribution in [0.4, 0.5) is 0 Å². The summed E-state index contributed by atoms with van der Waals surface area (Å²) in [6.45, 7) is 5.82. The molecule has 1 heterocycles. The highest BCUT2D eigenvalue weighted by molar-refractivity contribution is 4.74. The summed E-state index contributed by atoms with van der Waals surface area (Å²) < 4.78 is 0. The standard InChI is InChI=1S/C8H18N2/c1-3-9-8-4-6-10(2)7-5-8/h8-9H,3-7H2,1-2H3. The van der Waals surface area contributed by atoms with Crippen molar-refractivity contribution in [3.63, 3.8) is 0 Å². The first kappa shape index (κ1) is 8.02. The van der Waals surface area contributed by atoms with Crippen LogP contribution in [0.1, 0.15) is 19.8 Å². The number of hydrogen-bond donors (Lipinski definition) is 1. The maximum absolute atomic E-state index is 3.48. The van der Waals surface area contributed by atoms with E-state index in [1.165, 1.54) is 25.9 Å². The molecule has 1 saturated heterocycles. The van der Waals surface area contributed by atoms with Gasteiger partial charge in [0, 0.05) is 6.04 Å². The molecule has 1 rings (SSSR count). The molecule has 0 radical (unpaired) electrons. The quantitative estimate of drug-likeness (QED) is 0.610. The highest BCUT2D eigenvalue weighted by Crippen LogP contribution is 2.07. The van der Waals surface area contributed by atoms with Crippen molar-refractivity contribution in [1.29, 1.82) is 0 Å². The lowest BCUT2D eigenvalue weighted by Gasteiger charge is -2.29. The highest BCUT2D eigenvalue weighted by atomic mass is 15.1. The highest BCUT2D eigenvalue weighted by Gasteiger charge is 2.14. The maximum atomic E-state index is 3.48. The summed E-state index contributed by atoms with van der Waals surface area (Å²) in [5.41, 5.74) is 0. The average molecular weight is 142 g/mol. The van der Waals surface area contributed by atoms with E-state index in [9.17, 15) is 0 Å². The van der Waals surface area contributed by atoms with Gasteiger partial charge in [0.2, 0.25) is 0 Å². The van der Waals surface area contributed by atoms with Crippen LogP contribution in [0.5, 0.6) is 0 Å². The normalized spacial score (nSPS) is 23.4. The van der Waals surface area contributed by atoms with Crippen molar-refractivity contribution < 1.29 is 0 Å². The Balaban J connectivity index is 2.13. The largest absolute Gasteiger partial charge is 0.314 e. The van der Waals surface area contributed by atoms with Crippen LogP contribution in [0.15, 0.2) is 0 Å². The van der Waals surface area contributed by atoms with Gasteiger partial charge in [0.25, 0.3) is 0 Å². The van der Waals surface area contributed by atoms with Gasteiger partial charge in [0.05, 0.1) is 0 Å². The minimum absolute atomic E-state index is 0.793. The molecule has 10 heavy (non-hydrogen) atoms. The molecule has 2 heteroatoms. The van der Waals surface area contributed by atoms with Crippen LogP contribution in [0.2, 0.25) is 0 Å². The number of hydrogen-bond acceptors (Lipinski definition) is 2. The van der Waals surface area contributed by atoms with E-state index in [4.69, 9.17) is 0 Å². The van der Waals surface area contributed by atoms with Gasteiger partial charge in [0.1, 0.15) is 0 Å². The number of nitrogens with one attached hydrogen (secondary N) is 1. The van der Waals surface area contributed by atoms with Crippen LogP contribution in [0.3, 0.4) is 0 Å². The molecule has 2 nitrogen and oxygen atoms in total. The Bertz CT molecular complexity index is 85.3. The molecule has 1 aliphatic rings. The zero-order valence-corrected chi connectivity index (χ0v) is 7.06. The minimum Gasteiger partial charge on any atom is -0.314 e. The molecular formula is C8H18N2. The lowest BCUT2D eigenvalue weighted by atomic mass is 10.1. The Hall–Kier alpha value is -0.0800. The summed E-state index contributed by atoms with van der Waals surface area (Å²) in [7, 11) is 2.20. The van der Waals surface area contributed by atoms with Gasteiger partial charge in [-0.3, -0.25) is 0 Å². The van der Waals surface area contributed by atoms with Crippen molar-refractivity contribution in [3.8, 4) is 0 Å². The van der Waals surface area contributed by atoms with E-state index in [0.717, 1.165) is 12.6 Å². The summed E-state index contributed by atoms with van der Waals surface area (Å²) in [5.74, 6) is 0. The van der Waals surface area contributed by atoms with Gasteiger partial charge < -0.3 is 10.2 Å². The van der Waals surface area contributed by atoms with Crippen LogP contribution in [-0.2, 0) is 0 Å². The van der Waals surface area contributed by atoms with Crippen molar-refractivity contribution in [2.45, 2.75) is 25.8 Å². The van der Waals surface area contributed by atoms with E-state index in [-0.39, 0.29) is 0 Å². The molecule has 0 aromatic rings. The molecule has 0 unspecified atom stereocenters. The Kier molecular flexibility index (Phi) is 3.16. The first-order chi connectivity index (χ1) is 4.83. The second-order valence-corrected chi connectivity index (χ2v) is 3.14. The number of rotatable bonds is 2. The minimum atomic E-state index is 0.793. The third kappa shape index (κ3) is 2.27. The summed E-state index contributed by atoms with van der Waals surface area (Å²) in [6.07, 6.45) is 2.65. The summed E-state index contributed by atoms with van der Waals surface area (Å²) in [5, 5.41) is 3.48. The van der Waals surface area contributed by atoms with E-state index in [0.29, 0.717) is 0 Å². The third-order valence-corrected chi connectivity index (χ3v) is 2.21. The van der Waals surface area contributed by atoms with Gasteiger partial charge >= 0.3 is 0 Å². The summed E-state index contributed by atoms with van der Waals surface area (Å²) in [4.78, 5) is 2.40. The lowest BCUT2D eigenvalue weighted by Crippen LogP contribution is -2.40. The molecule has 0 aromatic heterocycles. The fourth-order valence-electron chi connectivity index (χ4n) is 1.50. The van der Waals surface area contributed by atoms with E-state index >= 15 is 0 Å². The molecule has 0 saturated carbocycles. The number of piperidine rings is 1. The van der Waals surface area contributed by atoms with Crippen molar-refractivity contribution in [2.75, 3.05) is 26.7 Å². The van der Waals surface area contributed by atoms with E-state index < -0.39 is 0 Å². The van der Waals surface area contributed by atoms with Crippen LogP contribution < -0.4 is 5.32 Å². The van der Waals surface area contributed by atoms with Gasteiger partial charge in [-0.05, 0) is 39.5 Å². The van der Waals surface area contributed by atoms with Crippen LogP contribution in [0, 0.1) is 0 Å². The van der Waals surface area contributed by atoms with Crippen LogP contribution >= 0.6 is 0 Å². The van der Waals surface area contributed by atoms with Gasteiger partial charge in [0.15, 0.2) is 0 Å². The third-order valence-electron chi connectivity index (χ3n) is 2.21. The lowest BCUT2D eigenvalue weighted by molar-refractivity contribution is 0.236. The fourth-order valence-corrected chi connectivity index (χ4v) is 1.50. The monoisotopic (exact) mass is 142 g/mol. The van der Waals surface area contributed by atoms with Crippen LogP contribution in [0.25, 0.3) is 0 Å². The molecule has 1 fully saturated rings. The summed E-state index contributed by atoms with van der Waals surface area (Å²) in [6, 6.07) is 0.793. The average Bonchev–Trinajstić information content (AvgIpc) is 1.95. The Morgan fingerprint density at radius 1 is 1.40 bits per heavy atom. The molecule has 0 spiro atoms. The van der Waals surface area contributed by atoms with E-state index in [2.05, 4.69) is 24.2 Å². The molecule has 0 aromatic carbocycles. The smallest absolute Gasteiger partial charge is 0.00912 e. The maximum Gasteiger partial charge on any atom is 0.00912 e. The van der Waals surface area contributed by atoms with Gasteiger partial charge in [-0.1, -0.05) is 6.92 Å². The van der Waals surface area contributed by atoms with Gasteiger partial charge in [-0.25, -0.2) is 0 Å². The molecule has 1 aliphatic heterocycles. The van der Waals surface area contributed by atoms with E-state index in [1.54, 1.807) is 0 Å². The van der Waals surface area contributed by atoms with E-state index in [1.807, 2.05) is 0 Å². The molecule has 0 aliphatic carbocycles. The Morgan fingerprint density at radius 2 is 2.00 bits per heavy atom. The number of likely N-dealkylation sites (tertiary alicyclic amines) is 1. The van der Waals surface area contributed by atoms with Crippen molar-refractivity contribution in [3.05, 3.63) is 0 Å². The SMILES string of the molecule is CCNC1CCN(C)CC1. The molecule has 0 bridgehead atoms. The molecule has 0 atom stereocenters. The summed E-state index contributed by atoms with van der Waals surface area (Å²) >= 11 is 0. The Labute approximate surface area is 63.6 Å². The topological polar surface area (TPSA) is 15.3 Å². The second-order valence-electron chi connectivity index (χ2n) is 3.14. The Morgan fingerprint density at radius 3 is 2.50 bits per heavy atom. The predicted octanol–water partition coefficient (Wildman–Crippen LogP) is 0.690. The van der Waals surface area contributed by atoms with Crippen molar-refractivity contribution in [2.24, 2.45) is 0 Å². The zero-order chi connectivity index (χ0) is 7.40. The van der Waals surface area contributed by atoms with Crippen LogP contribution in [-0.4, -0.2) is 37.6 Å². The molecule has 1 N–H and O–H groups in total. The fraction of sp³-hybridized carbons (Fsp3) is 1.00. The molecule has 0 amide bonds. The molecular weight excluding hydrogens is 124 g/mol.